The molecule has 1 rings (SSSR count). The summed E-state index contributed by atoms with van der Waals surface area (Å²) in [5, 5.41) is 0. The van der Waals surface area contributed by atoms with E-state index in [4.69, 9.17) is 9.15 Å². The third-order valence-corrected chi connectivity index (χ3v) is 2.71. The van der Waals surface area contributed by atoms with Crippen LogP contribution in [0, 0.1) is 0 Å². The molecule has 0 N–H and O–H groups in total. The first kappa shape index (κ1) is 13.7. The zero-order chi connectivity index (χ0) is 13.0. The Labute approximate surface area is 102 Å². The molecule has 1 atom stereocenters. The molecule has 17 heavy (non-hydrogen) atoms. The van der Waals surface area contributed by atoms with Gasteiger partial charge in [-0.3, -0.25) is 0 Å². The van der Waals surface area contributed by atoms with Crippen molar-refractivity contribution in [1.82, 2.24) is 4.98 Å². The highest BCUT2D eigenvalue weighted by atomic mass is 16.5. The van der Waals surface area contributed by atoms with E-state index in [-0.39, 0.29) is 17.6 Å². The lowest BCUT2D eigenvalue weighted by atomic mass is 10.1. The Balaban J connectivity index is 3.09. The van der Waals surface area contributed by atoms with Gasteiger partial charge in [0.2, 0.25) is 5.76 Å². The summed E-state index contributed by atoms with van der Waals surface area (Å²) in [4.78, 5) is 16.2. The minimum Gasteiger partial charge on any atom is -0.460 e. The van der Waals surface area contributed by atoms with Gasteiger partial charge in [0.15, 0.2) is 5.89 Å². The van der Waals surface area contributed by atoms with Gasteiger partial charge < -0.3 is 9.15 Å². The summed E-state index contributed by atoms with van der Waals surface area (Å²) in [5.41, 5.74) is 0.693. The van der Waals surface area contributed by atoms with Crippen molar-refractivity contribution >= 4 is 5.97 Å². The maximum Gasteiger partial charge on any atom is 0.376 e. The molecule has 4 nitrogen and oxygen atoms in total. The number of hydrogen-bond acceptors (Lipinski definition) is 4. The van der Waals surface area contributed by atoms with Gasteiger partial charge in [0.25, 0.3) is 0 Å². The monoisotopic (exact) mass is 239 g/mol. The van der Waals surface area contributed by atoms with Gasteiger partial charge in [0.1, 0.15) is 0 Å². The van der Waals surface area contributed by atoms with Gasteiger partial charge in [0.05, 0.1) is 12.3 Å². The van der Waals surface area contributed by atoms with Crippen LogP contribution < -0.4 is 0 Å². The lowest BCUT2D eigenvalue weighted by molar-refractivity contribution is 0.0485. The highest BCUT2D eigenvalue weighted by Gasteiger charge is 2.24. The number of oxazole rings is 1. The molecule has 1 heterocycles. The summed E-state index contributed by atoms with van der Waals surface area (Å²) >= 11 is 0. The van der Waals surface area contributed by atoms with Crippen molar-refractivity contribution in [1.29, 1.82) is 0 Å². The van der Waals surface area contributed by atoms with Crippen LogP contribution in [0.25, 0.3) is 0 Å². The fraction of sp³-hybridized carbons (Fsp3) is 0.692. The van der Waals surface area contributed by atoms with Crippen molar-refractivity contribution in [3.8, 4) is 0 Å². The molecule has 96 valence electrons. The second-order valence-electron chi connectivity index (χ2n) is 4.45. The average Bonchev–Trinajstić information content (AvgIpc) is 2.73. The molecular formula is C13H21NO3. The second kappa shape index (κ2) is 5.84. The fourth-order valence-corrected chi connectivity index (χ4v) is 1.47. The van der Waals surface area contributed by atoms with Crippen molar-refractivity contribution in [2.24, 2.45) is 0 Å². The molecule has 0 radical (unpaired) electrons. The summed E-state index contributed by atoms with van der Waals surface area (Å²) in [7, 11) is 0. The molecule has 0 aliphatic rings. The van der Waals surface area contributed by atoms with Crippen LogP contribution in [0.5, 0.6) is 0 Å². The van der Waals surface area contributed by atoms with Crippen molar-refractivity contribution in [3.05, 3.63) is 17.3 Å². The van der Waals surface area contributed by atoms with Crippen LogP contribution in [0.15, 0.2) is 4.42 Å². The number of aromatic nitrogens is 1. The predicted octanol–water partition coefficient (Wildman–Crippen LogP) is 3.49. The lowest BCUT2D eigenvalue weighted by Crippen LogP contribution is -2.07. The van der Waals surface area contributed by atoms with E-state index in [2.05, 4.69) is 11.9 Å². The Bertz CT molecular complexity index is 382. The summed E-state index contributed by atoms with van der Waals surface area (Å²) in [6.45, 7) is 10.2. The van der Waals surface area contributed by atoms with Crippen LogP contribution in [0.1, 0.15) is 75.0 Å². The van der Waals surface area contributed by atoms with Crippen molar-refractivity contribution in [2.45, 2.75) is 52.9 Å². The quantitative estimate of drug-likeness (QED) is 0.738. The number of hydrogen-bond donors (Lipinski definition) is 0. The lowest BCUT2D eigenvalue weighted by Gasteiger charge is -2.02. The SMILES string of the molecule is CCOC(=O)c1oc(C(C)CC)nc1C(C)C. The largest absolute Gasteiger partial charge is 0.460 e. The maximum atomic E-state index is 11.7. The zero-order valence-corrected chi connectivity index (χ0v) is 11.2. The fourth-order valence-electron chi connectivity index (χ4n) is 1.47. The van der Waals surface area contributed by atoms with E-state index in [0.29, 0.717) is 18.2 Å². The minimum atomic E-state index is -0.418. The van der Waals surface area contributed by atoms with E-state index in [1.54, 1.807) is 6.92 Å². The Hall–Kier alpha value is -1.32. The predicted molar refractivity (Wildman–Crippen MR) is 65.3 cm³/mol. The van der Waals surface area contributed by atoms with E-state index in [1.807, 2.05) is 20.8 Å². The Kier molecular flexibility index (Phi) is 4.73. The highest BCUT2D eigenvalue weighted by molar-refractivity contribution is 5.87. The summed E-state index contributed by atoms with van der Waals surface area (Å²) in [6, 6.07) is 0. The van der Waals surface area contributed by atoms with Crippen LogP contribution in [-0.4, -0.2) is 17.6 Å². The summed E-state index contributed by atoms with van der Waals surface area (Å²) in [6.07, 6.45) is 0.931. The van der Waals surface area contributed by atoms with E-state index in [1.165, 1.54) is 0 Å². The van der Waals surface area contributed by atoms with Gasteiger partial charge in [-0.25, -0.2) is 9.78 Å². The molecule has 0 bridgehead atoms. The number of rotatable bonds is 5. The normalized spacial score (nSPS) is 12.8. The second-order valence-corrected chi connectivity index (χ2v) is 4.45. The molecule has 0 saturated carbocycles. The third kappa shape index (κ3) is 3.08. The topological polar surface area (TPSA) is 52.3 Å². The summed E-state index contributed by atoms with van der Waals surface area (Å²) in [5.74, 6) is 0.835. The smallest absolute Gasteiger partial charge is 0.376 e. The third-order valence-electron chi connectivity index (χ3n) is 2.71. The Morgan fingerprint density at radius 1 is 1.35 bits per heavy atom. The van der Waals surface area contributed by atoms with Crippen LogP contribution in [-0.2, 0) is 4.74 Å². The van der Waals surface area contributed by atoms with Gasteiger partial charge >= 0.3 is 5.97 Å². The van der Waals surface area contributed by atoms with Gasteiger partial charge in [-0.15, -0.1) is 0 Å². The molecule has 0 aliphatic carbocycles. The molecular weight excluding hydrogens is 218 g/mol. The van der Waals surface area contributed by atoms with Gasteiger partial charge in [-0.05, 0) is 19.3 Å². The van der Waals surface area contributed by atoms with Crippen molar-refractivity contribution in [2.75, 3.05) is 6.61 Å². The Morgan fingerprint density at radius 2 is 2.00 bits per heavy atom. The van der Waals surface area contributed by atoms with E-state index >= 15 is 0 Å². The first-order valence-electron chi connectivity index (χ1n) is 6.18. The minimum absolute atomic E-state index is 0.149. The van der Waals surface area contributed by atoms with E-state index in [0.717, 1.165) is 6.42 Å². The molecule has 4 heteroatoms. The number of ether oxygens (including phenoxy) is 1. The molecule has 0 saturated heterocycles. The number of carbonyl (C=O) groups is 1. The average molecular weight is 239 g/mol. The molecule has 0 amide bonds. The number of esters is 1. The summed E-state index contributed by atoms with van der Waals surface area (Å²) < 4.78 is 10.5. The zero-order valence-electron chi connectivity index (χ0n) is 11.2. The molecule has 0 fully saturated rings. The van der Waals surface area contributed by atoms with Gasteiger partial charge in [0, 0.05) is 5.92 Å². The van der Waals surface area contributed by atoms with Crippen molar-refractivity contribution in [3.63, 3.8) is 0 Å². The van der Waals surface area contributed by atoms with Gasteiger partial charge in [-0.2, -0.15) is 0 Å². The van der Waals surface area contributed by atoms with Crippen molar-refractivity contribution < 1.29 is 13.9 Å². The molecule has 0 aromatic carbocycles. The molecule has 0 spiro atoms. The molecule has 1 unspecified atom stereocenters. The highest BCUT2D eigenvalue weighted by Crippen LogP contribution is 2.26. The Morgan fingerprint density at radius 3 is 2.47 bits per heavy atom. The van der Waals surface area contributed by atoms with Crippen LogP contribution >= 0.6 is 0 Å². The van der Waals surface area contributed by atoms with Crippen LogP contribution in [0.3, 0.4) is 0 Å². The number of carbonyl (C=O) groups excluding carboxylic acids is 1. The van der Waals surface area contributed by atoms with E-state index < -0.39 is 5.97 Å². The maximum absolute atomic E-state index is 11.7. The molecule has 1 aromatic rings. The van der Waals surface area contributed by atoms with Gasteiger partial charge in [-0.1, -0.05) is 27.7 Å². The van der Waals surface area contributed by atoms with Crippen LogP contribution in [0.4, 0.5) is 0 Å². The number of nitrogens with zero attached hydrogens (tertiary/aromatic N) is 1. The molecule has 0 aliphatic heterocycles. The molecule has 1 aromatic heterocycles. The van der Waals surface area contributed by atoms with Crippen LogP contribution in [0.2, 0.25) is 0 Å². The standard InChI is InChI=1S/C13H21NO3/c1-6-9(5)12-14-10(8(3)4)11(17-12)13(15)16-7-2/h8-9H,6-7H2,1-5H3. The first-order chi connectivity index (χ1) is 8.01. The first-order valence-corrected chi connectivity index (χ1v) is 6.18. The van der Waals surface area contributed by atoms with E-state index in [9.17, 15) is 4.79 Å².